The fraction of sp³-hybridized carbons (Fsp3) is 0.625. The van der Waals surface area contributed by atoms with E-state index in [0.717, 1.165) is 18.8 Å². The topological polar surface area (TPSA) is 38.5 Å². The Labute approximate surface area is 116 Å². The summed E-state index contributed by atoms with van der Waals surface area (Å²) in [6, 6.07) is 8.64. The van der Waals surface area contributed by atoms with Crippen LogP contribution in [0.5, 0.6) is 5.75 Å². The molecule has 2 unspecified atom stereocenters. The van der Waals surface area contributed by atoms with E-state index in [-0.39, 0.29) is 12.1 Å². The van der Waals surface area contributed by atoms with Crippen LogP contribution >= 0.6 is 0 Å². The molecule has 0 aromatic heterocycles. The normalized spacial score (nSPS) is 20.6. The van der Waals surface area contributed by atoms with Gasteiger partial charge in [0.05, 0.1) is 13.2 Å². The van der Waals surface area contributed by atoms with Gasteiger partial charge in [-0.15, -0.1) is 0 Å². The standard InChI is InChI=1S/C16H26N2O/c1-13(17)16(18-11-7-3-4-8-12-18)14-9-5-6-10-15(14)19-2/h5-6,9-10,13,16H,3-4,7-8,11-12,17H2,1-2H3. The van der Waals surface area contributed by atoms with Crippen LogP contribution in [-0.2, 0) is 0 Å². The van der Waals surface area contributed by atoms with Crippen molar-refractivity contribution in [2.24, 2.45) is 5.73 Å². The lowest BCUT2D eigenvalue weighted by atomic mass is 9.98. The largest absolute Gasteiger partial charge is 0.496 e. The molecule has 3 heteroatoms. The molecule has 106 valence electrons. The molecule has 1 fully saturated rings. The van der Waals surface area contributed by atoms with E-state index in [1.807, 2.05) is 12.1 Å². The minimum atomic E-state index is 0.106. The molecule has 0 bridgehead atoms. The minimum absolute atomic E-state index is 0.106. The summed E-state index contributed by atoms with van der Waals surface area (Å²) in [5.74, 6) is 0.953. The molecule has 1 aromatic carbocycles. The number of nitrogens with zero attached hydrogens (tertiary/aromatic N) is 1. The highest BCUT2D eigenvalue weighted by molar-refractivity contribution is 5.36. The fourth-order valence-electron chi connectivity index (χ4n) is 3.10. The highest BCUT2D eigenvalue weighted by atomic mass is 16.5. The van der Waals surface area contributed by atoms with Gasteiger partial charge in [-0.3, -0.25) is 4.90 Å². The zero-order valence-corrected chi connectivity index (χ0v) is 12.1. The predicted molar refractivity (Wildman–Crippen MR) is 79.4 cm³/mol. The van der Waals surface area contributed by atoms with Gasteiger partial charge in [0.25, 0.3) is 0 Å². The number of hydrogen-bond donors (Lipinski definition) is 1. The van der Waals surface area contributed by atoms with Gasteiger partial charge in [0, 0.05) is 11.6 Å². The van der Waals surface area contributed by atoms with Crippen molar-refractivity contribution < 1.29 is 4.74 Å². The second kappa shape index (κ2) is 6.92. The first kappa shape index (κ1) is 14.4. The van der Waals surface area contributed by atoms with Crippen molar-refractivity contribution >= 4 is 0 Å². The van der Waals surface area contributed by atoms with Crippen molar-refractivity contribution in [1.29, 1.82) is 0 Å². The van der Waals surface area contributed by atoms with Crippen LogP contribution in [0.2, 0.25) is 0 Å². The second-order valence-corrected chi connectivity index (χ2v) is 5.50. The molecule has 19 heavy (non-hydrogen) atoms. The van der Waals surface area contributed by atoms with Gasteiger partial charge in [-0.2, -0.15) is 0 Å². The zero-order chi connectivity index (χ0) is 13.7. The molecule has 1 saturated heterocycles. The smallest absolute Gasteiger partial charge is 0.123 e. The van der Waals surface area contributed by atoms with Crippen molar-refractivity contribution in [3.05, 3.63) is 29.8 Å². The van der Waals surface area contributed by atoms with Crippen molar-refractivity contribution in [1.82, 2.24) is 4.90 Å². The number of benzene rings is 1. The molecule has 1 heterocycles. The van der Waals surface area contributed by atoms with Gasteiger partial charge < -0.3 is 10.5 Å². The molecule has 3 nitrogen and oxygen atoms in total. The quantitative estimate of drug-likeness (QED) is 0.906. The van der Waals surface area contributed by atoms with E-state index in [1.54, 1.807) is 7.11 Å². The van der Waals surface area contributed by atoms with E-state index in [0.29, 0.717) is 0 Å². The van der Waals surface area contributed by atoms with Crippen LogP contribution in [0.3, 0.4) is 0 Å². The van der Waals surface area contributed by atoms with Crippen LogP contribution in [0.15, 0.2) is 24.3 Å². The Morgan fingerprint density at radius 3 is 2.32 bits per heavy atom. The fourth-order valence-corrected chi connectivity index (χ4v) is 3.10. The number of rotatable bonds is 4. The SMILES string of the molecule is COc1ccccc1C(C(C)N)N1CCCCCC1. The van der Waals surface area contributed by atoms with Crippen LogP contribution in [0.25, 0.3) is 0 Å². The molecule has 0 radical (unpaired) electrons. The average molecular weight is 262 g/mol. The summed E-state index contributed by atoms with van der Waals surface area (Å²) >= 11 is 0. The first-order valence-electron chi connectivity index (χ1n) is 7.36. The van der Waals surface area contributed by atoms with Gasteiger partial charge in [-0.05, 0) is 38.9 Å². The molecule has 2 N–H and O–H groups in total. The number of nitrogens with two attached hydrogens (primary N) is 1. The van der Waals surface area contributed by atoms with Crippen LogP contribution in [0, 0.1) is 0 Å². The van der Waals surface area contributed by atoms with Crippen molar-refractivity contribution in [2.45, 2.75) is 44.7 Å². The van der Waals surface area contributed by atoms with Gasteiger partial charge in [0.1, 0.15) is 5.75 Å². The third-order valence-corrected chi connectivity index (χ3v) is 3.99. The molecule has 0 saturated carbocycles. The average Bonchev–Trinajstić information content (AvgIpc) is 2.68. The van der Waals surface area contributed by atoms with Gasteiger partial charge in [-0.25, -0.2) is 0 Å². The molecule has 1 aliphatic rings. The van der Waals surface area contributed by atoms with E-state index in [1.165, 1.54) is 31.2 Å². The van der Waals surface area contributed by atoms with Crippen LogP contribution in [0.1, 0.15) is 44.2 Å². The number of methoxy groups -OCH3 is 1. The maximum atomic E-state index is 6.28. The summed E-state index contributed by atoms with van der Waals surface area (Å²) in [6.07, 6.45) is 5.24. The predicted octanol–water partition coefficient (Wildman–Crippen LogP) is 2.96. The third-order valence-electron chi connectivity index (χ3n) is 3.99. The van der Waals surface area contributed by atoms with Gasteiger partial charge >= 0.3 is 0 Å². The minimum Gasteiger partial charge on any atom is -0.496 e. The highest BCUT2D eigenvalue weighted by Crippen LogP contribution is 2.32. The van der Waals surface area contributed by atoms with Gasteiger partial charge in [0.15, 0.2) is 0 Å². The van der Waals surface area contributed by atoms with Crippen molar-refractivity contribution in [3.8, 4) is 5.75 Å². The van der Waals surface area contributed by atoms with E-state index in [2.05, 4.69) is 24.0 Å². The monoisotopic (exact) mass is 262 g/mol. The molecular formula is C16H26N2O. The van der Waals surface area contributed by atoms with Crippen molar-refractivity contribution in [3.63, 3.8) is 0 Å². The summed E-state index contributed by atoms with van der Waals surface area (Å²) < 4.78 is 5.52. The summed E-state index contributed by atoms with van der Waals surface area (Å²) in [5.41, 5.74) is 7.50. The Hall–Kier alpha value is -1.06. The summed E-state index contributed by atoms with van der Waals surface area (Å²) in [7, 11) is 1.74. The molecular weight excluding hydrogens is 236 g/mol. The summed E-state index contributed by atoms with van der Waals surface area (Å²) in [5, 5.41) is 0. The zero-order valence-electron chi connectivity index (χ0n) is 12.1. The van der Waals surface area contributed by atoms with E-state index in [4.69, 9.17) is 10.5 Å². The third kappa shape index (κ3) is 3.48. The Bertz CT molecular complexity index is 384. The molecule has 0 amide bonds. The highest BCUT2D eigenvalue weighted by Gasteiger charge is 2.26. The summed E-state index contributed by atoms with van der Waals surface area (Å²) in [4.78, 5) is 2.54. The number of likely N-dealkylation sites (tertiary alicyclic amines) is 1. The molecule has 2 rings (SSSR count). The molecule has 1 aromatic rings. The Morgan fingerprint density at radius 1 is 1.11 bits per heavy atom. The maximum Gasteiger partial charge on any atom is 0.123 e. The van der Waals surface area contributed by atoms with E-state index >= 15 is 0 Å². The summed E-state index contributed by atoms with van der Waals surface area (Å²) in [6.45, 7) is 4.39. The molecule has 2 atom stereocenters. The maximum absolute atomic E-state index is 6.28. The lowest BCUT2D eigenvalue weighted by Gasteiger charge is -2.34. The lowest BCUT2D eigenvalue weighted by molar-refractivity contribution is 0.179. The van der Waals surface area contributed by atoms with Crippen LogP contribution < -0.4 is 10.5 Å². The number of para-hydroxylation sites is 1. The van der Waals surface area contributed by atoms with Crippen LogP contribution in [-0.4, -0.2) is 31.1 Å². The van der Waals surface area contributed by atoms with Gasteiger partial charge in [0.2, 0.25) is 0 Å². The Morgan fingerprint density at radius 2 is 1.74 bits per heavy atom. The Balaban J connectivity index is 2.28. The molecule has 1 aliphatic heterocycles. The second-order valence-electron chi connectivity index (χ2n) is 5.50. The Kier molecular flexibility index (Phi) is 5.23. The van der Waals surface area contributed by atoms with Crippen LogP contribution in [0.4, 0.5) is 0 Å². The van der Waals surface area contributed by atoms with E-state index in [9.17, 15) is 0 Å². The first-order valence-corrected chi connectivity index (χ1v) is 7.36. The lowest BCUT2D eigenvalue weighted by Crippen LogP contribution is -2.40. The van der Waals surface area contributed by atoms with Crippen molar-refractivity contribution in [2.75, 3.05) is 20.2 Å². The first-order chi connectivity index (χ1) is 9.24. The number of hydrogen-bond acceptors (Lipinski definition) is 3. The molecule has 0 spiro atoms. The molecule has 0 aliphatic carbocycles. The number of ether oxygens (including phenoxy) is 1. The van der Waals surface area contributed by atoms with E-state index < -0.39 is 0 Å². The van der Waals surface area contributed by atoms with Gasteiger partial charge in [-0.1, -0.05) is 31.0 Å².